The summed E-state index contributed by atoms with van der Waals surface area (Å²) in [6, 6.07) is 3.98. The minimum Gasteiger partial charge on any atom is -0.413 e. The van der Waals surface area contributed by atoms with E-state index in [2.05, 4.69) is 31.7 Å². The van der Waals surface area contributed by atoms with Gasteiger partial charge in [0.2, 0.25) is 0 Å². The molecule has 5 heteroatoms. The van der Waals surface area contributed by atoms with Crippen LogP contribution in [0.2, 0.25) is 0 Å². The number of ether oxygens (including phenoxy) is 1. The van der Waals surface area contributed by atoms with E-state index in [4.69, 9.17) is 21.7 Å². The third-order valence-electron chi connectivity index (χ3n) is 4.24. The van der Waals surface area contributed by atoms with Gasteiger partial charge in [-0.3, -0.25) is 4.90 Å². The lowest BCUT2D eigenvalue weighted by atomic mass is 9.84. The van der Waals surface area contributed by atoms with E-state index in [1.54, 1.807) is 0 Å². The predicted octanol–water partition coefficient (Wildman–Crippen LogP) is 4.71. The maximum Gasteiger partial charge on any atom is 0.409 e. The highest BCUT2D eigenvalue weighted by molar-refractivity contribution is 6.61. The van der Waals surface area contributed by atoms with Gasteiger partial charge in [-0.05, 0) is 43.0 Å². The summed E-state index contributed by atoms with van der Waals surface area (Å²) >= 11 is 5.44. The van der Waals surface area contributed by atoms with Gasteiger partial charge in [0.25, 0.3) is 0 Å². The highest BCUT2D eigenvalue weighted by Crippen LogP contribution is 2.33. The van der Waals surface area contributed by atoms with E-state index in [0.717, 1.165) is 24.2 Å². The maximum atomic E-state index is 11.3. The van der Waals surface area contributed by atoms with Crippen LogP contribution >= 0.6 is 11.6 Å². The van der Waals surface area contributed by atoms with Crippen LogP contribution in [0.3, 0.4) is 0 Å². The molecule has 0 atom stereocenters. The Bertz CT molecular complexity index is 587. The molecule has 1 saturated heterocycles. The van der Waals surface area contributed by atoms with Crippen molar-refractivity contribution in [1.29, 1.82) is 5.41 Å². The number of nitrogens with zero attached hydrogens (tertiary/aromatic N) is 1. The van der Waals surface area contributed by atoms with E-state index < -0.39 is 5.43 Å². The minimum absolute atomic E-state index is 0.0437. The molecule has 23 heavy (non-hydrogen) atoms. The summed E-state index contributed by atoms with van der Waals surface area (Å²) in [5.41, 5.74) is 1.73. The summed E-state index contributed by atoms with van der Waals surface area (Å²) in [7, 11) is 0. The van der Waals surface area contributed by atoms with Crippen LogP contribution in [-0.2, 0) is 12.0 Å². The zero-order chi connectivity index (χ0) is 17.0. The van der Waals surface area contributed by atoms with E-state index in [1.807, 2.05) is 6.07 Å². The van der Waals surface area contributed by atoms with Gasteiger partial charge in [0, 0.05) is 35.5 Å². The smallest absolute Gasteiger partial charge is 0.409 e. The first-order valence-corrected chi connectivity index (χ1v) is 8.46. The molecule has 0 aliphatic carbocycles. The Morgan fingerprint density at radius 2 is 1.96 bits per heavy atom. The first-order chi connectivity index (χ1) is 10.8. The molecular formula is C18H25ClN2O2. The molecule has 0 spiro atoms. The van der Waals surface area contributed by atoms with E-state index in [-0.39, 0.29) is 5.41 Å². The van der Waals surface area contributed by atoms with Crippen molar-refractivity contribution < 1.29 is 9.53 Å². The number of piperidine rings is 1. The van der Waals surface area contributed by atoms with E-state index in [0.29, 0.717) is 17.9 Å². The Hall–Kier alpha value is -1.39. The Morgan fingerprint density at radius 1 is 1.30 bits per heavy atom. The average molecular weight is 337 g/mol. The number of hydrogen-bond acceptors (Lipinski definition) is 4. The summed E-state index contributed by atoms with van der Waals surface area (Å²) in [5, 5.41) is 7.67. The Kier molecular flexibility index (Phi) is 5.82. The molecular weight excluding hydrogens is 312 g/mol. The highest BCUT2D eigenvalue weighted by Gasteiger charge is 2.22. The van der Waals surface area contributed by atoms with Crippen molar-refractivity contribution in [3.63, 3.8) is 0 Å². The zero-order valence-electron chi connectivity index (χ0n) is 14.1. The molecule has 4 nitrogen and oxygen atoms in total. The lowest BCUT2D eigenvalue weighted by Crippen LogP contribution is -2.29. The summed E-state index contributed by atoms with van der Waals surface area (Å²) in [5.74, 6) is 0.415. The molecule has 0 saturated carbocycles. The SMILES string of the molecule is CC(C)(C)c1cc(C=N)c(OC(=O)Cl)c(CN2CCCCC2)c1. The van der Waals surface area contributed by atoms with E-state index in [1.165, 1.54) is 25.5 Å². The number of carbonyl (C=O) groups excluding carboxylic acids is 1. The number of carbonyl (C=O) groups is 1. The number of benzene rings is 1. The van der Waals surface area contributed by atoms with Crippen LogP contribution in [-0.4, -0.2) is 29.6 Å². The van der Waals surface area contributed by atoms with Crippen molar-refractivity contribution in [2.45, 2.75) is 52.0 Å². The van der Waals surface area contributed by atoms with Crippen molar-refractivity contribution >= 4 is 23.2 Å². The molecule has 1 aliphatic rings. The molecule has 126 valence electrons. The molecule has 1 aromatic rings. The number of nitrogens with one attached hydrogen (secondary N) is 1. The average Bonchev–Trinajstić information content (AvgIpc) is 2.48. The van der Waals surface area contributed by atoms with Crippen molar-refractivity contribution in [1.82, 2.24) is 4.90 Å². The lowest BCUT2D eigenvalue weighted by Gasteiger charge is -2.28. The van der Waals surface area contributed by atoms with Gasteiger partial charge >= 0.3 is 5.43 Å². The molecule has 1 heterocycles. The number of rotatable bonds is 4. The van der Waals surface area contributed by atoms with Crippen LogP contribution in [0.15, 0.2) is 12.1 Å². The minimum atomic E-state index is -0.864. The van der Waals surface area contributed by atoms with Gasteiger partial charge in [0.1, 0.15) is 5.75 Å². The molecule has 0 unspecified atom stereocenters. The monoisotopic (exact) mass is 336 g/mol. The quantitative estimate of drug-likeness (QED) is 0.640. The fourth-order valence-electron chi connectivity index (χ4n) is 2.93. The second kappa shape index (κ2) is 7.45. The summed E-state index contributed by atoms with van der Waals surface area (Å²) in [4.78, 5) is 13.6. The van der Waals surface area contributed by atoms with Gasteiger partial charge < -0.3 is 10.1 Å². The molecule has 0 aromatic heterocycles. The van der Waals surface area contributed by atoms with E-state index >= 15 is 0 Å². The van der Waals surface area contributed by atoms with Gasteiger partial charge in [-0.15, -0.1) is 0 Å². The normalized spacial score (nSPS) is 16.2. The highest BCUT2D eigenvalue weighted by atomic mass is 35.5. The van der Waals surface area contributed by atoms with Crippen LogP contribution < -0.4 is 4.74 Å². The van der Waals surface area contributed by atoms with E-state index in [9.17, 15) is 4.79 Å². The van der Waals surface area contributed by atoms with Crippen LogP contribution in [0, 0.1) is 5.41 Å². The number of hydrogen-bond donors (Lipinski definition) is 1. The topological polar surface area (TPSA) is 53.4 Å². The lowest BCUT2D eigenvalue weighted by molar-refractivity contribution is 0.212. The van der Waals surface area contributed by atoms with Gasteiger partial charge in [0.05, 0.1) is 0 Å². The Balaban J connectivity index is 2.44. The predicted molar refractivity (Wildman–Crippen MR) is 94.0 cm³/mol. The molecule has 1 fully saturated rings. The van der Waals surface area contributed by atoms with Crippen LogP contribution in [0.25, 0.3) is 0 Å². The molecule has 0 bridgehead atoms. The first-order valence-electron chi connectivity index (χ1n) is 8.09. The third kappa shape index (κ3) is 4.79. The maximum absolute atomic E-state index is 11.3. The van der Waals surface area contributed by atoms with Gasteiger partial charge in [-0.25, -0.2) is 4.79 Å². The third-order valence-corrected chi connectivity index (χ3v) is 4.32. The number of likely N-dealkylation sites (tertiary alicyclic amines) is 1. The first kappa shape index (κ1) is 18.0. The second-order valence-corrected chi connectivity index (χ2v) is 7.43. The largest absolute Gasteiger partial charge is 0.413 e. The van der Waals surface area contributed by atoms with Crippen LogP contribution in [0.4, 0.5) is 4.79 Å². The van der Waals surface area contributed by atoms with Gasteiger partial charge in [-0.1, -0.05) is 33.3 Å². The molecule has 1 N–H and O–H groups in total. The van der Waals surface area contributed by atoms with Crippen molar-refractivity contribution in [2.24, 2.45) is 0 Å². The molecule has 0 amide bonds. The van der Waals surface area contributed by atoms with Crippen molar-refractivity contribution in [3.8, 4) is 5.75 Å². The fourth-order valence-corrected chi connectivity index (χ4v) is 3.01. The summed E-state index contributed by atoms with van der Waals surface area (Å²) < 4.78 is 5.23. The van der Waals surface area contributed by atoms with Crippen molar-refractivity contribution in [2.75, 3.05) is 13.1 Å². The van der Waals surface area contributed by atoms with Crippen LogP contribution in [0.1, 0.15) is 56.7 Å². The summed E-state index contributed by atoms with van der Waals surface area (Å²) in [6.07, 6.45) is 4.89. The number of halogens is 1. The van der Waals surface area contributed by atoms with Gasteiger partial charge in [0.15, 0.2) is 0 Å². The molecule has 0 radical (unpaired) electrons. The molecule has 2 rings (SSSR count). The molecule has 1 aromatic carbocycles. The fraction of sp³-hybridized carbons (Fsp3) is 0.556. The zero-order valence-corrected chi connectivity index (χ0v) is 14.9. The summed E-state index contributed by atoms with van der Waals surface area (Å²) in [6.45, 7) is 9.21. The second-order valence-electron chi connectivity index (χ2n) is 7.12. The standard InChI is InChI=1S/C18H25ClN2O2/c1-18(2,3)15-9-13(11-20)16(23-17(19)22)14(10-15)12-21-7-5-4-6-8-21/h9-11,20H,4-8,12H2,1-3H3. The van der Waals surface area contributed by atoms with Crippen molar-refractivity contribution in [3.05, 3.63) is 28.8 Å². The van der Waals surface area contributed by atoms with Crippen LogP contribution in [0.5, 0.6) is 5.75 Å². The molecule has 1 aliphatic heterocycles. The Morgan fingerprint density at radius 3 is 2.48 bits per heavy atom. The Labute approximate surface area is 143 Å². The van der Waals surface area contributed by atoms with Gasteiger partial charge in [-0.2, -0.15) is 0 Å².